The van der Waals surface area contributed by atoms with E-state index in [9.17, 15) is 14.7 Å². The van der Waals surface area contributed by atoms with Gasteiger partial charge >= 0.3 is 0 Å². The Bertz CT molecular complexity index is 938. The molecule has 3 aromatic carbocycles. The minimum atomic E-state index is -1.78. The van der Waals surface area contributed by atoms with Crippen molar-refractivity contribution in [2.45, 2.75) is 12.0 Å². The van der Waals surface area contributed by atoms with E-state index in [0.717, 1.165) is 10.8 Å². The maximum Gasteiger partial charge on any atom is 0.200 e. The fourth-order valence-corrected chi connectivity index (χ4v) is 3.35. The molecule has 0 heterocycles. The predicted molar refractivity (Wildman–Crippen MR) is 87.6 cm³/mol. The molecule has 1 N–H and O–H groups in total. The molecule has 1 aliphatic rings. The van der Waals surface area contributed by atoms with Gasteiger partial charge in [-0.05, 0) is 10.8 Å². The van der Waals surface area contributed by atoms with E-state index < -0.39 is 11.4 Å². The molecule has 0 amide bonds. The van der Waals surface area contributed by atoms with Crippen molar-refractivity contribution < 1.29 is 14.7 Å². The van der Waals surface area contributed by atoms with Gasteiger partial charge in [0, 0.05) is 16.7 Å². The van der Waals surface area contributed by atoms with Crippen LogP contribution in [0.5, 0.6) is 0 Å². The summed E-state index contributed by atoms with van der Waals surface area (Å²) in [6, 6.07) is 19.6. The van der Waals surface area contributed by atoms with Crippen molar-refractivity contribution in [2.75, 3.05) is 0 Å². The van der Waals surface area contributed by atoms with Crippen LogP contribution < -0.4 is 0 Å². The van der Waals surface area contributed by atoms with Crippen molar-refractivity contribution in [3.05, 3.63) is 83.4 Å². The lowest BCUT2D eigenvalue weighted by atomic mass is 9.87. The molecule has 3 heteroatoms. The minimum Gasteiger partial charge on any atom is -0.376 e. The van der Waals surface area contributed by atoms with Gasteiger partial charge in [-0.2, -0.15) is 0 Å². The number of benzene rings is 3. The van der Waals surface area contributed by atoms with Crippen molar-refractivity contribution in [3.63, 3.8) is 0 Å². The lowest BCUT2D eigenvalue weighted by molar-refractivity contribution is 0.0281. The zero-order valence-electron chi connectivity index (χ0n) is 12.3. The van der Waals surface area contributed by atoms with Crippen LogP contribution in [0, 0.1) is 0 Å². The van der Waals surface area contributed by atoms with E-state index >= 15 is 0 Å². The van der Waals surface area contributed by atoms with E-state index in [4.69, 9.17) is 0 Å². The topological polar surface area (TPSA) is 54.4 Å². The third-order valence-electron chi connectivity index (χ3n) is 4.48. The molecule has 1 unspecified atom stereocenters. The predicted octanol–water partition coefficient (Wildman–Crippen LogP) is 3.50. The van der Waals surface area contributed by atoms with Crippen molar-refractivity contribution >= 4 is 22.3 Å². The minimum absolute atomic E-state index is 0.244. The molecule has 0 fully saturated rings. The van der Waals surface area contributed by atoms with E-state index in [-0.39, 0.29) is 12.2 Å². The molecule has 23 heavy (non-hydrogen) atoms. The Morgan fingerprint density at radius 1 is 0.913 bits per heavy atom. The van der Waals surface area contributed by atoms with E-state index in [1.54, 1.807) is 48.5 Å². The SMILES string of the molecule is O=C(CC1(O)C(=O)c2cccc3cccc1c23)c1ccccc1. The smallest absolute Gasteiger partial charge is 0.200 e. The molecule has 4 rings (SSSR count). The molecule has 0 spiro atoms. The third kappa shape index (κ3) is 1.94. The molecule has 1 aliphatic carbocycles. The first-order valence-electron chi connectivity index (χ1n) is 7.49. The normalized spacial score (nSPS) is 19.3. The van der Waals surface area contributed by atoms with Crippen LogP contribution in [-0.4, -0.2) is 16.7 Å². The van der Waals surface area contributed by atoms with Gasteiger partial charge in [0.25, 0.3) is 0 Å². The summed E-state index contributed by atoms with van der Waals surface area (Å²) in [5.74, 6) is -0.639. The van der Waals surface area contributed by atoms with E-state index in [1.807, 2.05) is 18.2 Å². The molecular formula is C20H14O3. The highest BCUT2D eigenvalue weighted by atomic mass is 16.3. The highest BCUT2D eigenvalue weighted by Crippen LogP contribution is 2.43. The maximum atomic E-state index is 12.8. The summed E-state index contributed by atoms with van der Waals surface area (Å²) in [6.07, 6.45) is -0.246. The van der Waals surface area contributed by atoms with Crippen LogP contribution in [-0.2, 0) is 5.60 Å². The van der Waals surface area contributed by atoms with Crippen LogP contribution in [0.4, 0.5) is 0 Å². The summed E-state index contributed by atoms with van der Waals surface area (Å²) >= 11 is 0. The Balaban J connectivity index is 1.82. The van der Waals surface area contributed by atoms with Crippen molar-refractivity contribution in [2.24, 2.45) is 0 Å². The second kappa shape index (κ2) is 4.86. The second-order valence-electron chi connectivity index (χ2n) is 5.86. The Morgan fingerprint density at radius 3 is 2.35 bits per heavy atom. The van der Waals surface area contributed by atoms with Gasteiger partial charge in [0.15, 0.2) is 17.2 Å². The quantitative estimate of drug-likeness (QED) is 0.753. The number of hydrogen-bond acceptors (Lipinski definition) is 3. The van der Waals surface area contributed by atoms with Crippen molar-refractivity contribution in [3.8, 4) is 0 Å². The van der Waals surface area contributed by atoms with Crippen LogP contribution in [0.1, 0.15) is 32.7 Å². The molecule has 0 aromatic heterocycles. The van der Waals surface area contributed by atoms with Gasteiger partial charge in [0.05, 0.1) is 6.42 Å². The molecule has 0 saturated carbocycles. The molecule has 0 saturated heterocycles. The molecule has 3 nitrogen and oxygen atoms in total. The fraction of sp³-hybridized carbons (Fsp3) is 0.100. The number of carbonyl (C=O) groups is 2. The number of aliphatic hydroxyl groups is 1. The Morgan fingerprint density at radius 2 is 1.61 bits per heavy atom. The second-order valence-corrected chi connectivity index (χ2v) is 5.86. The Hall–Kier alpha value is -2.78. The molecule has 0 aliphatic heterocycles. The zero-order valence-corrected chi connectivity index (χ0v) is 12.3. The lowest BCUT2D eigenvalue weighted by Crippen LogP contribution is -2.34. The van der Waals surface area contributed by atoms with Gasteiger partial charge in [0.1, 0.15) is 0 Å². The van der Waals surface area contributed by atoms with Gasteiger partial charge in [-0.3, -0.25) is 9.59 Å². The number of carbonyl (C=O) groups excluding carboxylic acids is 2. The standard InChI is InChI=1S/C20H14O3/c21-17(13-6-2-1-3-7-13)12-20(23)16-11-5-9-14-8-4-10-15(18(14)16)19(20)22/h1-11,23H,12H2. The van der Waals surface area contributed by atoms with Crippen LogP contribution >= 0.6 is 0 Å². The van der Waals surface area contributed by atoms with Gasteiger partial charge in [-0.1, -0.05) is 66.7 Å². The molecule has 0 bridgehead atoms. The highest BCUT2D eigenvalue weighted by Gasteiger charge is 2.47. The fourth-order valence-electron chi connectivity index (χ4n) is 3.35. The van der Waals surface area contributed by atoms with Gasteiger partial charge in [-0.25, -0.2) is 0 Å². The summed E-state index contributed by atoms with van der Waals surface area (Å²) < 4.78 is 0. The summed E-state index contributed by atoms with van der Waals surface area (Å²) in [6.45, 7) is 0. The Labute approximate surface area is 133 Å². The van der Waals surface area contributed by atoms with Crippen molar-refractivity contribution in [1.82, 2.24) is 0 Å². The Kier molecular flexibility index (Phi) is 2.93. The van der Waals surface area contributed by atoms with Gasteiger partial charge in [-0.15, -0.1) is 0 Å². The average Bonchev–Trinajstić information content (AvgIpc) is 2.80. The van der Waals surface area contributed by atoms with Crippen molar-refractivity contribution in [1.29, 1.82) is 0 Å². The largest absolute Gasteiger partial charge is 0.376 e. The number of Topliss-reactive ketones (excluding diaryl/α,β-unsaturated/α-hetero) is 2. The number of rotatable bonds is 3. The van der Waals surface area contributed by atoms with E-state index in [2.05, 4.69) is 0 Å². The summed E-state index contributed by atoms with van der Waals surface area (Å²) in [5, 5.41) is 12.7. The van der Waals surface area contributed by atoms with Gasteiger partial charge < -0.3 is 5.11 Å². The number of ketones is 2. The third-order valence-corrected chi connectivity index (χ3v) is 4.48. The lowest BCUT2D eigenvalue weighted by Gasteiger charge is -2.21. The van der Waals surface area contributed by atoms with E-state index in [0.29, 0.717) is 16.7 Å². The molecule has 1 atom stereocenters. The maximum absolute atomic E-state index is 12.8. The first-order chi connectivity index (χ1) is 11.1. The average molecular weight is 302 g/mol. The van der Waals surface area contributed by atoms with Gasteiger partial charge in [0.2, 0.25) is 0 Å². The van der Waals surface area contributed by atoms with E-state index in [1.165, 1.54) is 0 Å². The van der Waals surface area contributed by atoms with Crippen LogP contribution in [0.2, 0.25) is 0 Å². The monoisotopic (exact) mass is 302 g/mol. The first kappa shape index (κ1) is 13.9. The molecule has 0 radical (unpaired) electrons. The summed E-state index contributed by atoms with van der Waals surface area (Å²) in [5.41, 5.74) is -0.269. The highest BCUT2D eigenvalue weighted by molar-refractivity contribution is 6.21. The number of hydrogen-bond donors (Lipinski definition) is 1. The van der Waals surface area contributed by atoms with Crippen LogP contribution in [0.15, 0.2) is 66.7 Å². The zero-order chi connectivity index (χ0) is 16.0. The molecule has 112 valence electrons. The van der Waals surface area contributed by atoms with Crippen LogP contribution in [0.25, 0.3) is 10.8 Å². The molecule has 3 aromatic rings. The molecular weight excluding hydrogens is 288 g/mol. The van der Waals surface area contributed by atoms with Crippen LogP contribution in [0.3, 0.4) is 0 Å². The summed E-state index contributed by atoms with van der Waals surface area (Å²) in [7, 11) is 0. The first-order valence-corrected chi connectivity index (χ1v) is 7.49. The summed E-state index contributed by atoms with van der Waals surface area (Å²) in [4.78, 5) is 25.3.